The number of nitrogens with one attached hydrogen (secondary N) is 2. The number of aliphatic hydroxyl groups excluding tert-OH is 1. The molecule has 3 atom stereocenters. The van der Waals surface area contributed by atoms with Gasteiger partial charge in [-0.25, -0.2) is 13.6 Å². The highest BCUT2D eigenvalue weighted by atomic mass is 19.2. The first-order chi connectivity index (χ1) is 10.9. The van der Waals surface area contributed by atoms with Crippen molar-refractivity contribution in [1.29, 1.82) is 0 Å². The minimum atomic E-state index is -0.988. The van der Waals surface area contributed by atoms with Gasteiger partial charge in [0.15, 0.2) is 11.6 Å². The second-order valence-electron chi connectivity index (χ2n) is 5.49. The fourth-order valence-electron chi connectivity index (χ4n) is 2.00. The number of hydrogen-bond acceptors (Lipinski definition) is 3. The van der Waals surface area contributed by atoms with Crippen LogP contribution >= 0.6 is 0 Å². The Morgan fingerprint density at radius 3 is 2.61 bits per heavy atom. The molecule has 5 nitrogen and oxygen atoms in total. The van der Waals surface area contributed by atoms with Crippen molar-refractivity contribution in [1.82, 2.24) is 10.6 Å². The summed E-state index contributed by atoms with van der Waals surface area (Å²) in [7, 11) is 1.44. The second-order valence-corrected chi connectivity index (χ2v) is 5.49. The predicted octanol–water partition coefficient (Wildman–Crippen LogP) is 2.36. The second kappa shape index (κ2) is 9.42. The minimum absolute atomic E-state index is 0.0660. The summed E-state index contributed by atoms with van der Waals surface area (Å²) in [5.74, 6) is -1.87. The van der Waals surface area contributed by atoms with E-state index in [-0.39, 0.29) is 19.1 Å². The molecule has 1 aromatic rings. The van der Waals surface area contributed by atoms with E-state index in [2.05, 4.69) is 10.6 Å². The van der Waals surface area contributed by atoms with Gasteiger partial charge in [-0.1, -0.05) is 26.3 Å². The Morgan fingerprint density at radius 2 is 2.04 bits per heavy atom. The highest BCUT2D eigenvalue weighted by Crippen LogP contribution is 2.17. The van der Waals surface area contributed by atoms with Crippen molar-refractivity contribution >= 4 is 6.03 Å². The van der Waals surface area contributed by atoms with Crippen LogP contribution in [0.25, 0.3) is 0 Å². The quantitative estimate of drug-likeness (QED) is 0.685. The lowest BCUT2D eigenvalue weighted by molar-refractivity contribution is 0.113. The monoisotopic (exact) mass is 330 g/mol. The molecule has 130 valence electrons. The van der Waals surface area contributed by atoms with Crippen LogP contribution in [0.3, 0.4) is 0 Å². The number of carbonyl (C=O) groups is 1. The van der Waals surface area contributed by atoms with Crippen LogP contribution in [0, 0.1) is 17.6 Å². The molecule has 0 saturated heterocycles. The van der Waals surface area contributed by atoms with Gasteiger partial charge in [-0.2, -0.15) is 0 Å². The van der Waals surface area contributed by atoms with E-state index in [1.165, 1.54) is 13.2 Å². The molecule has 0 spiro atoms. The normalized spacial score (nSPS) is 14.9. The average molecular weight is 330 g/mol. The Hall–Kier alpha value is -1.73. The Balaban J connectivity index is 2.64. The predicted molar refractivity (Wildman–Crippen MR) is 83.0 cm³/mol. The molecule has 0 bridgehead atoms. The Kier molecular flexibility index (Phi) is 7.91. The van der Waals surface area contributed by atoms with Gasteiger partial charge in [-0.15, -0.1) is 0 Å². The summed E-state index contributed by atoms with van der Waals surface area (Å²) >= 11 is 0. The number of hydrogen-bond donors (Lipinski definition) is 3. The van der Waals surface area contributed by atoms with Crippen LogP contribution in [0.2, 0.25) is 0 Å². The summed E-state index contributed by atoms with van der Waals surface area (Å²) < 4.78 is 31.3. The number of carbonyl (C=O) groups excluding carboxylic acids is 1. The summed E-state index contributed by atoms with van der Waals surface area (Å²) in [6.45, 7) is 4.05. The molecule has 3 unspecified atom stereocenters. The minimum Gasteiger partial charge on any atom is -0.391 e. The molecule has 0 fully saturated rings. The van der Waals surface area contributed by atoms with Crippen LogP contribution in [-0.4, -0.2) is 37.5 Å². The van der Waals surface area contributed by atoms with Crippen molar-refractivity contribution in [2.45, 2.75) is 32.4 Å². The number of amides is 2. The van der Waals surface area contributed by atoms with Crippen molar-refractivity contribution in [2.75, 3.05) is 20.3 Å². The standard InChI is InChI=1S/C16H24F2N2O3/c1-4-10(2)15(21)8-19-16(22)20-14(9-23-3)11-5-6-12(17)13(18)7-11/h5-7,10,14-15,21H,4,8-9H2,1-3H3,(H2,19,20,22). The number of ether oxygens (including phenoxy) is 1. The smallest absolute Gasteiger partial charge is 0.315 e. The van der Waals surface area contributed by atoms with Crippen LogP contribution in [0.1, 0.15) is 31.9 Å². The zero-order chi connectivity index (χ0) is 17.4. The van der Waals surface area contributed by atoms with Gasteiger partial charge >= 0.3 is 6.03 Å². The van der Waals surface area contributed by atoms with Crippen molar-refractivity contribution in [3.05, 3.63) is 35.4 Å². The molecule has 0 saturated carbocycles. The van der Waals surface area contributed by atoms with E-state index in [0.29, 0.717) is 5.56 Å². The van der Waals surface area contributed by atoms with Crippen LogP contribution < -0.4 is 10.6 Å². The summed E-state index contributed by atoms with van der Waals surface area (Å²) in [6.07, 6.45) is 0.154. The van der Waals surface area contributed by atoms with Crippen molar-refractivity contribution < 1.29 is 23.4 Å². The molecule has 0 aliphatic rings. The molecular weight excluding hydrogens is 306 g/mol. The van der Waals surface area contributed by atoms with E-state index in [4.69, 9.17) is 4.74 Å². The lowest BCUT2D eigenvalue weighted by Crippen LogP contribution is -2.43. The van der Waals surface area contributed by atoms with Gasteiger partial charge in [0.25, 0.3) is 0 Å². The molecule has 1 aromatic carbocycles. The van der Waals surface area contributed by atoms with Gasteiger partial charge in [-0.3, -0.25) is 0 Å². The van der Waals surface area contributed by atoms with Crippen molar-refractivity contribution in [3.8, 4) is 0 Å². The van der Waals surface area contributed by atoms with Gasteiger partial charge < -0.3 is 20.5 Å². The van der Waals surface area contributed by atoms with Crippen molar-refractivity contribution in [3.63, 3.8) is 0 Å². The van der Waals surface area contributed by atoms with Crippen LogP contribution in [0.5, 0.6) is 0 Å². The highest BCUT2D eigenvalue weighted by molar-refractivity contribution is 5.74. The third-order valence-corrected chi connectivity index (χ3v) is 3.76. The molecule has 0 aliphatic heterocycles. The molecule has 0 aliphatic carbocycles. The van der Waals surface area contributed by atoms with E-state index in [9.17, 15) is 18.7 Å². The number of rotatable bonds is 8. The fraction of sp³-hybridized carbons (Fsp3) is 0.562. The molecule has 2 amide bonds. The van der Waals surface area contributed by atoms with Gasteiger partial charge in [0.2, 0.25) is 0 Å². The van der Waals surface area contributed by atoms with Crippen LogP contribution in [0.4, 0.5) is 13.6 Å². The van der Waals surface area contributed by atoms with Gasteiger partial charge in [0.1, 0.15) is 0 Å². The first-order valence-corrected chi connectivity index (χ1v) is 7.55. The molecule has 1 rings (SSSR count). The first kappa shape index (κ1) is 19.3. The summed E-state index contributed by atoms with van der Waals surface area (Å²) in [4.78, 5) is 11.9. The zero-order valence-corrected chi connectivity index (χ0v) is 13.6. The van der Waals surface area contributed by atoms with Gasteiger partial charge in [-0.05, 0) is 23.6 Å². The van der Waals surface area contributed by atoms with Crippen molar-refractivity contribution in [2.24, 2.45) is 5.92 Å². The third-order valence-electron chi connectivity index (χ3n) is 3.76. The maximum absolute atomic E-state index is 13.3. The largest absolute Gasteiger partial charge is 0.391 e. The van der Waals surface area contributed by atoms with Gasteiger partial charge in [0.05, 0.1) is 18.8 Å². The first-order valence-electron chi connectivity index (χ1n) is 7.55. The fourth-order valence-corrected chi connectivity index (χ4v) is 2.00. The average Bonchev–Trinajstić information content (AvgIpc) is 2.54. The van der Waals surface area contributed by atoms with E-state index in [0.717, 1.165) is 18.6 Å². The number of aliphatic hydroxyl groups is 1. The van der Waals surface area contributed by atoms with Crippen LogP contribution in [0.15, 0.2) is 18.2 Å². The summed E-state index contributed by atoms with van der Waals surface area (Å²) in [5.41, 5.74) is 0.392. The zero-order valence-electron chi connectivity index (χ0n) is 13.6. The molecular formula is C16H24F2N2O3. The SMILES string of the molecule is CCC(C)C(O)CNC(=O)NC(COC)c1ccc(F)c(F)c1. The van der Waals surface area contributed by atoms with E-state index >= 15 is 0 Å². The lowest BCUT2D eigenvalue weighted by atomic mass is 10.0. The number of benzene rings is 1. The maximum atomic E-state index is 13.3. The molecule has 7 heteroatoms. The Labute approximate surface area is 135 Å². The van der Waals surface area contributed by atoms with E-state index < -0.39 is 29.8 Å². The Morgan fingerprint density at radius 1 is 1.35 bits per heavy atom. The molecule has 23 heavy (non-hydrogen) atoms. The number of halogens is 2. The third kappa shape index (κ3) is 6.11. The molecule has 3 N–H and O–H groups in total. The van der Waals surface area contributed by atoms with Crippen LogP contribution in [-0.2, 0) is 4.74 Å². The maximum Gasteiger partial charge on any atom is 0.315 e. The van der Waals surface area contributed by atoms with E-state index in [1.54, 1.807) is 0 Å². The summed E-state index contributed by atoms with van der Waals surface area (Å²) in [5, 5.41) is 15.0. The molecule has 0 radical (unpaired) electrons. The lowest BCUT2D eigenvalue weighted by Gasteiger charge is -2.21. The number of urea groups is 1. The number of methoxy groups -OCH3 is 1. The molecule has 0 heterocycles. The topological polar surface area (TPSA) is 70.6 Å². The van der Waals surface area contributed by atoms with E-state index in [1.807, 2.05) is 13.8 Å². The Bertz CT molecular complexity index is 514. The summed E-state index contributed by atoms with van der Waals surface area (Å²) in [6, 6.07) is 2.26. The van der Waals surface area contributed by atoms with Gasteiger partial charge in [0, 0.05) is 13.7 Å². The molecule has 0 aromatic heterocycles. The highest BCUT2D eigenvalue weighted by Gasteiger charge is 2.18.